The third-order valence-corrected chi connectivity index (χ3v) is 8.14. The standard InChI is InChI=1S/C17H27Cl2N5.C10H20N4.C7H7Cl2N.CH4/c1-2-3-4-5-6-7-10-22-16(20)24-17(21)23-12-13-8-9-14(18)15(19)11-13;1-2-3-4-5-6-7-8-13-10(12)14-9-11;8-6-2-1-5(4-10)3-7(6)9;/h8-9,11H,2-7,10,12H2,1H3,(H5,20,21,22,23,24);2-8H2,1H3,(H3,12,13,14);1-3H,4,10H2;1H4. The lowest BCUT2D eigenvalue weighted by molar-refractivity contribution is 0.612. The van der Waals surface area contributed by atoms with E-state index in [1.165, 1.54) is 64.2 Å². The van der Waals surface area contributed by atoms with Gasteiger partial charge in [-0.15, -0.1) is 0 Å². The maximum Gasteiger partial charge on any atom is 0.202 e. The summed E-state index contributed by atoms with van der Waals surface area (Å²) in [5.74, 6) is 0.741. The minimum Gasteiger partial charge on any atom is -0.370 e. The summed E-state index contributed by atoms with van der Waals surface area (Å²) >= 11 is 23.2. The quantitative estimate of drug-likeness (QED) is 0.0305. The summed E-state index contributed by atoms with van der Waals surface area (Å²) in [6, 6.07) is 10.7. The van der Waals surface area contributed by atoms with E-state index >= 15 is 0 Å². The number of nitrogens with one attached hydrogen (secondary N) is 2. The number of benzene rings is 2. The van der Waals surface area contributed by atoms with Gasteiger partial charge in [-0.05, 0) is 48.2 Å². The van der Waals surface area contributed by atoms with Crippen LogP contribution >= 0.6 is 46.4 Å². The van der Waals surface area contributed by atoms with E-state index in [1.807, 2.05) is 12.1 Å². The fraction of sp³-hybridized carbons (Fsp3) is 0.543. The second kappa shape index (κ2) is 32.3. The Hall–Kier alpha value is -2.94. The molecule has 0 fully saturated rings. The number of aliphatic imine (C=N–C) groups is 3. The minimum absolute atomic E-state index is 0. The average molecular weight is 761 g/mol. The summed E-state index contributed by atoms with van der Waals surface area (Å²) in [6.07, 6.45) is 16.5. The zero-order valence-corrected chi connectivity index (χ0v) is 31.4. The fourth-order valence-electron chi connectivity index (χ4n) is 3.97. The van der Waals surface area contributed by atoms with Crippen molar-refractivity contribution in [3.05, 3.63) is 67.6 Å². The first kappa shape index (κ1) is 48.2. The number of unbranched alkanes of at least 4 members (excludes halogenated alkanes) is 10. The largest absolute Gasteiger partial charge is 0.370 e. The van der Waals surface area contributed by atoms with Gasteiger partial charge >= 0.3 is 0 Å². The molecule has 14 heteroatoms. The van der Waals surface area contributed by atoms with Gasteiger partial charge in [0.05, 0.1) is 26.6 Å². The van der Waals surface area contributed by atoms with Crippen LogP contribution in [0, 0.1) is 11.5 Å². The summed E-state index contributed by atoms with van der Waals surface area (Å²) < 4.78 is 0. The molecular weight excluding hydrogens is 702 g/mol. The van der Waals surface area contributed by atoms with Gasteiger partial charge in [0, 0.05) is 19.6 Å². The lowest BCUT2D eigenvalue weighted by Gasteiger charge is -2.05. The van der Waals surface area contributed by atoms with Crippen molar-refractivity contribution in [3.8, 4) is 6.19 Å². The Balaban J connectivity index is 0. The number of hydrogen-bond donors (Lipinski definition) is 6. The van der Waals surface area contributed by atoms with Crippen LogP contribution in [0.1, 0.15) is 109 Å². The molecular formula is C35H58Cl4N10. The van der Waals surface area contributed by atoms with Crippen LogP contribution in [0.25, 0.3) is 0 Å². The van der Waals surface area contributed by atoms with Gasteiger partial charge in [0.1, 0.15) is 0 Å². The van der Waals surface area contributed by atoms with Crippen molar-refractivity contribution < 1.29 is 0 Å². The number of rotatable bonds is 17. The van der Waals surface area contributed by atoms with Crippen LogP contribution in [0.4, 0.5) is 0 Å². The molecule has 10 nitrogen and oxygen atoms in total. The number of halogens is 4. The van der Waals surface area contributed by atoms with E-state index in [9.17, 15) is 0 Å². The van der Waals surface area contributed by atoms with Gasteiger partial charge in [0.2, 0.25) is 5.96 Å². The van der Waals surface area contributed by atoms with Crippen molar-refractivity contribution in [1.29, 1.82) is 5.26 Å². The molecule has 2 rings (SSSR count). The maximum atomic E-state index is 8.21. The first-order chi connectivity index (χ1) is 23.1. The molecule has 0 unspecified atom stereocenters. The molecule has 0 saturated carbocycles. The van der Waals surface area contributed by atoms with E-state index in [0.717, 1.165) is 24.0 Å². The Morgan fingerprint density at radius 1 is 0.633 bits per heavy atom. The molecule has 276 valence electrons. The molecule has 0 aliphatic heterocycles. The van der Waals surface area contributed by atoms with Gasteiger partial charge in [0.15, 0.2) is 18.1 Å². The Kier molecular flexibility index (Phi) is 31.7. The monoisotopic (exact) mass is 758 g/mol. The summed E-state index contributed by atoms with van der Waals surface area (Å²) in [6.45, 7) is 6.72. The number of nitriles is 1. The van der Waals surface area contributed by atoms with E-state index in [4.69, 9.17) is 74.6 Å². The predicted molar refractivity (Wildman–Crippen MR) is 214 cm³/mol. The molecule has 0 spiro atoms. The third kappa shape index (κ3) is 27.6. The Morgan fingerprint density at radius 3 is 1.53 bits per heavy atom. The molecule has 2 aromatic rings. The molecule has 49 heavy (non-hydrogen) atoms. The van der Waals surface area contributed by atoms with Gasteiger partial charge in [-0.1, -0.05) is 144 Å². The minimum atomic E-state index is 0. The van der Waals surface area contributed by atoms with E-state index in [1.54, 1.807) is 30.5 Å². The topological polar surface area (TPSA) is 189 Å². The van der Waals surface area contributed by atoms with Gasteiger partial charge in [-0.25, -0.2) is 4.99 Å². The highest BCUT2D eigenvalue weighted by atomic mass is 35.5. The zero-order valence-electron chi connectivity index (χ0n) is 28.4. The second-order valence-corrected chi connectivity index (χ2v) is 12.5. The lowest BCUT2D eigenvalue weighted by Crippen LogP contribution is -2.41. The first-order valence-corrected chi connectivity index (χ1v) is 18.0. The van der Waals surface area contributed by atoms with Crippen LogP contribution in [0.3, 0.4) is 0 Å². The van der Waals surface area contributed by atoms with Gasteiger partial charge in [-0.2, -0.15) is 5.26 Å². The normalized spacial score (nSPS) is 11.3. The number of guanidine groups is 3. The molecule has 0 aliphatic carbocycles. The molecule has 0 atom stereocenters. The van der Waals surface area contributed by atoms with Gasteiger partial charge < -0.3 is 22.9 Å². The fourth-order valence-corrected chi connectivity index (χ4v) is 4.61. The van der Waals surface area contributed by atoms with Gasteiger partial charge in [0.25, 0.3) is 0 Å². The third-order valence-electron chi connectivity index (χ3n) is 6.66. The highest BCUT2D eigenvalue weighted by Gasteiger charge is 2.01. The number of nitrogens with zero attached hydrogens (tertiary/aromatic N) is 4. The van der Waals surface area contributed by atoms with Crippen LogP contribution in [-0.2, 0) is 13.1 Å². The summed E-state index contributed by atoms with van der Waals surface area (Å²) in [5, 5.41) is 15.4. The SMILES string of the molecule is C.CCCCCCCCN=C(N)NC#N.CCCCCCCCN=C(N)NC(N)=NCc1ccc(Cl)c(Cl)c1.NCc1ccc(Cl)c(Cl)c1. The Labute approximate surface area is 315 Å². The second-order valence-electron chi connectivity index (χ2n) is 10.8. The number of hydrogen-bond acceptors (Lipinski definition) is 5. The molecule has 2 aromatic carbocycles. The molecule has 10 N–H and O–H groups in total. The molecule has 0 radical (unpaired) electrons. The summed E-state index contributed by atoms with van der Waals surface area (Å²) in [4.78, 5) is 12.4. The molecule has 0 saturated heterocycles. The highest BCUT2D eigenvalue weighted by Crippen LogP contribution is 2.23. The van der Waals surface area contributed by atoms with E-state index in [0.29, 0.717) is 52.2 Å². The van der Waals surface area contributed by atoms with Crippen LogP contribution in [-0.4, -0.2) is 31.0 Å². The van der Waals surface area contributed by atoms with Crippen LogP contribution in [0.2, 0.25) is 20.1 Å². The van der Waals surface area contributed by atoms with Gasteiger partial charge in [-0.3, -0.25) is 20.6 Å². The van der Waals surface area contributed by atoms with Crippen LogP contribution in [0.15, 0.2) is 51.4 Å². The summed E-state index contributed by atoms with van der Waals surface area (Å²) in [5.41, 5.74) is 24.2. The Morgan fingerprint density at radius 2 is 1.06 bits per heavy atom. The lowest BCUT2D eigenvalue weighted by atomic mass is 10.1. The van der Waals surface area contributed by atoms with Crippen molar-refractivity contribution in [2.45, 2.75) is 111 Å². The van der Waals surface area contributed by atoms with E-state index in [-0.39, 0.29) is 19.3 Å². The van der Waals surface area contributed by atoms with E-state index in [2.05, 4.69) is 39.5 Å². The zero-order chi connectivity index (χ0) is 36.0. The Bertz CT molecular complexity index is 1280. The molecule has 0 aromatic heterocycles. The molecule has 0 aliphatic rings. The van der Waals surface area contributed by atoms with Crippen molar-refractivity contribution in [2.24, 2.45) is 37.9 Å². The first-order valence-electron chi connectivity index (χ1n) is 16.5. The predicted octanol–water partition coefficient (Wildman–Crippen LogP) is 8.89. The molecule has 0 amide bonds. The van der Waals surface area contributed by atoms with Crippen LogP contribution in [0.5, 0.6) is 0 Å². The van der Waals surface area contributed by atoms with E-state index < -0.39 is 0 Å². The van der Waals surface area contributed by atoms with Crippen molar-refractivity contribution in [2.75, 3.05) is 13.1 Å². The molecule has 0 heterocycles. The number of nitrogens with two attached hydrogens (primary N) is 4. The molecule has 0 bridgehead atoms. The summed E-state index contributed by atoms with van der Waals surface area (Å²) in [7, 11) is 0. The van der Waals surface area contributed by atoms with Crippen molar-refractivity contribution in [1.82, 2.24) is 10.6 Å². The average Bonchev–Trinajstić information content (AvgIpc) is 3.06. The van der Waals surface area contributed by atoms with Crippen molar-refractivity contribution in [3.63, 3.8) is 0 Å². The van der Waals surface area contributed by atoms with Crippen molar-refractivity contribution >= 4 is 64.3 Å². The van der Waals surface area contributed by atoms with Crippen LogP contribution < -0.4 is 33.6 Å². The maximum absolute atomic E-state index is 8.21. The smallest absolute Gasteiger partial charge is 0.202 e. The highest BCUT2D eigenvalue weighted by molar-refractivity contribution is 6.42.